The number of amides is 1. The van der Waals surface area contributed by atoms with Crippen molar-refractivity contribution in [2.45, 2.75) is 13.8 Å². The fourth-order valence-electron chi connectivity index (χ4n) is 2.20. The molecule has 0 aromatic heterocycles. The summed E-state index contributed by atoms with van der Waals surface area (Å²) in [4.78, 5) is 23.5. The van der Waals surface area contributed by atoms with E-state index in [2.05, 4.69) is 26.5 Å². The van der Waals surface area contributed by atoms with Crippen LogP contribution in [0.3, 0.4) is 0 Å². The highest BCUT2D eigenvalue weighted by molar-refractivity contribution is 9.10. The maximum absolute atomic E-state index is 12.3. The second kappa shape index (κ2) is 9.72. The molecule has 0 aliphatic rings. The zero-order valence-corrected chi connectivity index (χ0v) is 16.7. The Morgan fingerprint density at radius 2 is 1.89 bits per heavy atom. The van der Waals surface area contributed by atoms with Gasteiger partial charge in [-0.15, -0.1) is 0 Å². The van der Waals surface area contributed by atoms with Gasteiger partial charge in [-0.1, -0.05) is 15.9 Å². The number of rotatable bonds is 7. The first kappa shape index (κ1) is 20.4. The number of hydrogen-bond acceptors (Lipinski definition) is 6. The number of methoxy groups -OCH3 is 1. The Hall–Kier alpha value is -2.87. The van der Waals surface area contributed by atoms with Crippen molar-refractivity contribution >= 4 is 34.0 Å². The van der Waals surface area contributed by atoms with Crippen LogP contribution in [0.5, 0.6) is 17.2 Å². The molecular weight excluding hydrogens is 416 g/mol. The fraction of sp³-hybridized carbons (Fsp3) is 0.211. The van der Waals surface area contributed by atoms with Gasteiger partial charge in [0.1, 0.15) is 5.75 Å². The highest BCUT2D eigenvalue weighted by Gasteiger charge is 2.12. The van der Waals surface area contributed by atoms with Crippen LogP contribution in [0.4, 0.5) is 0 Å². The summed E-state index contributed by atoms with van der Waals surface area (Å²) in [6, 6.07) is 10.1. The number of carbonyl (C=O) groups excluding carboxylic acids is 2. The highest BCUT2D eigenvalue weighted by atomic mass is 79.9. The molecule has 0 saturated carbocycles. The molecule has 0 radical (unpaired) electrons. The van der Waals surface area contributed by atoms with Crippen LogP contribution in [-0.2, 0) is 4.79 Å². The van der Waals surface area contributed by atoms with Crippen molar-refractivity contribution in [3.8, 4) is 17.2 Å². The van der Waals surface area contributed by atoms with Gasteiger partial charge in [-0.2, -0.15) is 5.10 Å². The van der Waals surface area contributed by atoms with E-state index in [0.717, 1.165) is 4.47 Å². The van der Waals surface area contributed by atoms with Crippen molar-refractivity contribution in [1.82, 2.24) is 5.43 Å². The molecule has 0 aliphatic heterocycles. The van der Waals surface area contributed by atoms with Gasteiger partial charge in [-0.05, 0) is 48.9 Å². The van der Waals surface area contributed by atoms with Gasteiger partial charge in [0.2, 0.25) is 0 Å². The summed E-state index contributed by atoms with van der Waals surface area (Å²) in [5.74, 6) is 0.329. The smallest absolute Gasteiger partial charge is 0.308 e. The van der Waals surface area contributed by atoms with Crippen LogP contribution in [0.15, 0.2) is 46.0 Å². The van der Waals surface area contributed by atoms with E-state index in [4.69, 9.17) is 14.2 Å². The fourth-order valence-corrected chi connectivity index (χ4v) is 2.56. The Morgan fingerprint density at radius 3 is 2.56 bits per heavy atom. The van der Waals surface area contributed by atoms with E-state index in [9.17, 15) is 9.59 Å². The third kappa shape index (κ3) is 5.82. The molecule has 7 nitrogen and oxygen atoms in total. The lowest BCUT2D eigenvalue weighted by Gasteiger charge is -2.10. The van der Waals surface area contributed by atoms with Crippen LogP contribution in [0.25, 0.3) is 0 Å². The number of hydrogen-bond donors (Lipinski definition) is 1. The molecule has 142 valence electrons. The monoisotopic (exact) mass is 434 g/mol. The Bertz CT molecular complexity index is 867. The zero-order chi connectivity index (χ0) is 19.8. The van der Waals surface area contributed by atoms with Crippen LogP contribution in [0.1, 0.15) is 29.8 Å². The van der Waals surface area contributed by atoms with Gasteiger partial charge >= 0.3 is 5.97 Å². The predicted molar refractivity (Wildman–Crippen MR) is 105 cm³/mol. The summed E-state index contributed by atoms with van der Waals surface area (Å²) in [6.07, 6.45) is 1.46. The van der Waals surface area contributed by atoms with E-state index < -0.39 is 11.9 Å². The Balaban J connectivity index is 2.13. The third-order valence-electron chi connectivity index (χ3n) is 3.31. The van der Waals surface area contributed by atoms with Crippen molar-refractivity contribution in [3.05, 3.63) is 52.0 Å². The molecule has 2 aromatic carbocycles. The minimum absolute atomic E-state index is 0.324. The Kier molecular flexibility index (Phi) is 7.36. The van der Waals surface area contributed by atoms with E-state index in [1.54, 1.807) is 36.4 Å². The van der Waals surface area contributed by atoms with Crippen LogP contribution in [-0.4, -0.2) is 31.8 Å². The van der Waals surface area contributed by atoms with Crippen molar-refractivity contribution < 1.29 is 23.8 Å². The Morgan fingerprint density at radius 1 is 1.15 bits per heavy atom. The van der Waals surface area contributed by atoms with Crippen LogP contribution >= 0.6 is 15.9 Å². The number of benzene rings is 2. The molecule has 0 spiro atoms. The zero-order valence-electron chi connectivity index (χ0n) is 15.1. The molecule has 0 atom stereocenters. The first-order valence-electron chi connectivity index (χ1n) is 8.06. The van der Waals surface area contributed by atoms with Gasteiger partial charge in [0, 0.05) is 11.4 Å². The third-order valence-corrected chi connectivity index (χ3v) is 3.80. The number of nitrogens with one attached hydrogen (secondary N) is 1. The second-order valence-electron chi connectivity index (χ2n) is 5.28. The molecule has 2 aromatic rings. The lowest BCUT2D eigenvalue weighted by atomic mass is 10.2. The molecule has 1 amide bonds. The van der Waals surface area contributed by atoms with Gasteiger partial charge in [0.05, 0.1) is 25.5 Å². The molecule has 1 N–H and O–H groups in total. The van der Waals surface area contributed by atoms with Crippen molar-refractivity contribution in [3.63, 3.8) is 0 Å². The second-order valence-corrected chi connectivity index (χ2v) is 6.19. The number of nitrogens with zero attached hydrogens (tertiary/aromatic N) is 1. The van der Waals surface area contributed by atoms with Gasteiger partial charge < -0.3 is 14.2 Å². The number of halogens is 1. The standard InChI is InChI=1S/C19H19BrN2O5/c1-4-26-18-9-13(5-7-17(18)27-12(2)23)11-21-22-19(24)15-10-14(20)6-8-16(15)25-3/h5-11H,4H2,1-3H3,(H,22,24)/b21-11-. The first-order chi connectivity index (χ1) is 12.9. The molecule has 0 heterocycles. The topological polar surface area (TPSA) is 86.2 Å². The van der Waals surface area contributed by atoms with E-state index in [0.29, 0.717) is 35.0 Å². The molecule has 2 rings (SSSR count). The predicted octanol–water partition coefficient (Wildman–Crippen LogP) is 3.55. The molecule has 0 aliphatic carbocycles. The quantitative estimate of drug-likeness (QED) is 0.311. The first-order valence-corrected chi connectivity index (χ1v) is 8.86. The molecule has 0 unspecified atom stereocenters. The summed E-state index contributed by atoms with van der Waals surface area (Å²) >= 11 is 3.32. The maximum Gasteiger partial charge on any atom is 0.308 e. The number of ether oxygens (including phenoxy) is 3. The summed E-state index contributed by atoms with van der Waals surface area (Å²) in [6.45, 7) is 3.55. The Labute approximate surface area is 165 Å². The molecule has 27 heavy (non-hydrogen) atoms. The van der Waals surface area contributed by atoms with Gasteiger partial charge in [-0.25, -0.2) is 5.43 Å². The maximum atomic E-state index is 12.3. The highest BCUT2D eigenvalue weighted by Crippen LogP contribution is 2.28. The lowest BCUT2D eigenvalue weighted by molar-refractivity contribution is -0.132. The van der Waals surface area contributed by atoms with Gasteiger partial charge in [0.25, 0.3) is 5.91 Å². The van der Waals surface area contributed by atoms with Crippen molar-refractivity contribution in [2.75, 3.05) is 13.7 Å². The number of carbonyl (C=O) groups is 2. The summed E-state index contributed by atoms with van der Waals surface area (Å²) < 4.78 is 16.5. The van der Waals surface area contributed by atoms with Gasteiger partial charge in [-0.3, -0.25) is 9.59 Å². The van der Waals surface area contributed by atoms with E-state index in [1.165, 1.54) is 20.2 Å². The summed E-state index contributed by atoms with van der Waals surface area (Å²) in [7, 11) is 1.49. The average molecular weight is 435 g/mol. The molecular formula is C19H19BrN2O5. The molecule has 8 heteroatoms. The van der Waals surface area contributed by atoms with Crippen LogP contribution in [0, 0.1) is 0 Å². The lowest BCUT2D eigenvalue weighted by Crippen LogP contribution is -2.18. The molecule has 0 bridgehead atoms. The average Bonchev–Trinajstić information content (AvgIpc) is 2.63. The normalized spacial score (nSPS) is 10.5. The molecule has 0 saturated heterocycles. The van der Waals surface area contributed by atoms with Crippen molar-refractivity contribution in [1.29, 1.82) is 0 Å². The summed E-state index contributed by atoms with van der Waals surface area (Å²) in [5, 5.41) is 3.96. The minimum Gasteiger partial charge on any atom is -0.496 e. The largest absolute Gasteiger partial charge is 0.496 e. The van der Waals surface area contributed by atoms with Crippen molar-refractivity contribution in [2.24, 2.45) is 5.10 Å². The van der Waals surface area contributed by atoms with E-state index in [-0.39, 0.29) is 0 Å². The number of esters is 1. The van der Waals surface area contributed by atoms with Gasteiger partial charge in [0.15, 0.2) is 11.5 Å². The minimum atomic E-state index is -0.437. The van der Waals surface area contributed by atoms with E-state index in [1.807, 2.05) is 6.92 Å². The summed E-state index contributed by atoms with van der Waals surface area (Å²) in [5.41, 5.74) is 3.47. The SMILES string of the molecule is CCOc1cc(/C=N\NC(=O)c2cc(Br)ccc2OC)ccc1OC(C)=O. The number of hydrazone groups is 1. The van der Waals surface area contributed by atoms with Crippen LogP contribution < -0.4 is 19.6 Å². The van der Waals surface area contributed by atoms with Crippen LogP contribution in [0.2, 0.25) is 0 Å². The molecule has 0 fully saturated rings. The van der Waals surface area contributed by atoms with E-state index >= 15 is 0 Å².